The Labute approximate surface area is 88.5 Å². The van der Waals surface area contributed by atoms with Gasteiger partial charge in [-0.25, -0.2) is 0 Å². The van der Waals surface area contributed by atoms with Crippen molar-refractivity contribution < 1.29 is 5.11 Å². The zero-order valence-electron chi connectivity index (χ0n) is 8.24. The van der Waals surface area contributed by atoms with Crippen LogP contribution in [-0.2, 0) is 0 Å². The molecule has 0 saturated carbocycles. The van der Waals surface area contributed by atoms with Crippen LogP contribution in [0.15, 0.2) is 49.1 Å². The first-order chi connectivity index (χ1) is 7.42. The summed E-state index contributed by atoms with van der Waals surface area (Å²) in [5.74, 6) is -0.0348. The maximum Gasteiger partial charge on any atom is 0.0541 e. The number of aliphatic hydroxyl groups is 1. The molecule has 0 aliphatic rings. The molecule has 0 aliphatic heterocycles. The molecule has 0 unspecified atom stereocenters. The van der Waals surface area contributed by atoms with Gasteiger partial charge in [0, 0.05) is 30.7 Å². The van der Waals surface area contributed by atoms with E-state index in [0.29, 0.717) is 0 Å². The van der Waals surface area contributed by atoms with E-state index < -0.39 is 0 Å². The molecular formula is C12H12N2O. The van der Waals surface area contributed by atoms with E-state index in [9.17, 15) is 5.11 Å². The third-order valence-corrected chi connectivity index (χ3v) is 2.36. The van der Waals surface area contributed by atoms with Crippen LogP contribution in [0.4, 0.5) is 0 Å². The molecule has 15 heavy (non-hydrogen) atoms. The van der Waals surface area contributed by atoms with E-state index >= 15 is 0 Å². The molecule has 0 amide bonds. The van der Waals surface area contributed by atoms with Crippen molar-refractivity contribution in [3.8, 4) is 0 Å². The molecule has 2 aromatic heterocycles. The van der Waals surface area contributed by atoms with E-state index in [2.05, 4.69) is 9.97 Å². The first kappa shape index (κ1) is 9.80. The van der Waals surface area contributed by atoms with Gasteiger partial charge in [-0.2, -0.15) is 0 Å². The molecule has 2 aromatic rings. The number of hydrogen-bond donors (Lipinski definition) is 1. The maximum atomic E-state index is 9.38. The Morgan fingerprint density at radius 1 is 1.00 bits per heavy atom. The van der Waals surface area contributed by atoms with Gasteiger partial charge in [-0.3, -0.25) is 9.97 Å². The van der Waals surface area contributed by atoms with Crippen molar-refractivity contribution in [1.29, 1.82) is 0 Å². The van der Waals surface area contributed by atoms with Crippen LogP contribution in [0.25, 0.3) is 0 Å². The predicted octanol–water partition coefficient (Wildman–Crippen LogP) is 1.60. The molecule has 0 atom stereocenters. The minimum atomic E-state index is -0.0348. The average molecular weight is 200 g/mol. The van der Waals surface area contributed by atoms with Crippen molar-refractivity contribution in [2.45, 2.75) is 5.92 Å². The zero-order valence-corrected chi connectivity index (χ0v) is 8.24. The van der Waals surface area contributed by atoms with Crippen LogP contribution in [0.5, 0.6) is 0 Å². The molecule has 2 rings (SSSR count). The second-order valence-corrected chi connectivity index (χ2v) is 3.31. The molecule has 76 valence electrons. The Kier molecular flexibility index (Phi) is 3.05. The smallest absolute Gasteiger partial charge is 0.0541 e. The van der Waals surface area contributed by atoms with Gasteiger partial charge in [-0.15, -0.1) is 0 Å². The summed E-state index contributed by atoms with van der Waals surface area (Å²) in [7, 11) is 0. The SMILES string of the molecule is OCC(c1cccnc1)c1cccnc1. The molecule has 0 radical (unpaired) electrons. The van der Waals surface area contributed by atoms with Crippen LogP contribution in [0.1, 0.15) is 17.0 Å². The second kappa shape index (κ2) is 4.66. The van der Waals surface area contributed by atoms with Gasteiger partial charge in [0.1, 0.15) is 0 Å². The van der Waals surface area contributed by atoms with Crippen molar-refractivity contribution in [3.05, 3.63) is 60.2 Å². The third-order valence-electron chi connectivity index (χ3n) is 2.36. The molecule has 0 saturated heterocycles. The van der Waals surface area contributed by atoms with Crippen LogP contribution in [0.2, 0.25) is 0 Å². The van der Waals surface area contributed by atoms with Gasteiger partial charge in [0.25, 0.3) is 0 Å². The second-order valence-electron chi connectivity index (χ2n) is 3.31. The zero-order chi connectivity index (χ0) is 10.5. The van der Waals surface area contributed by atoms with Crippen molar-refractivity contribution in [1.82, 2.24) is 9.97 Å². The molecule has 0 spiro atoms. The predicted molar refractivity (Wildman–Crippen MR) is 57.4 cm³/mol. The highest BCUT2D eigenvalue weighted by atomic mass is 16.3. The summed E-state index contributed by atoms with van der Waals surface area (Å²) in [6.45, 7) is 0.0669. The number of pyridine rings is 2. The van der Waals surface area contributed by atoms with E-state index in [4.69, 9.17) is 0 Å². The van der Waals surface area contributed by atoms with Gasteiger partial charge in [0.2, 0.25) is 0 Å². The molecule has 0 fully saturated rings. The van der Waals surface area contributed by atoms with Crippen LogP contribution >= 0.6 is 0 Å². The lowest BCUT2D eigenvalue weighted by Gasteiger charge is -2.13. The summed E-state index contributed by atoms with van der Waals surface area (Å²) in [5, 5.41) is 9.38. The van der Waals surface area contributed by atoms with Gasteiger partial charge in [0.05, 0.1) is 6.61 Å². The lowest BCUT2D eigenvalue weighted by Crippen LogP contribution is -2.06. The quantitative estimate of drug-likeness (QED) is 0.818. The highest BCUT2D eigenvalue weighted by molar-refractivity contribution is 5.28. The van der Waals surface area contributed by atoms with Gasteiger partial charge in [0.15, 0.2) is 0 Å². The number of aliphatic hydroxyl groups excluding tert-OH is 1. The van der Waals surface area contributed by atoms with E-state index in [1.807, 2.05) is 24.3 Å². The average Bonchev–Trinajstić information content (AvgIpc) is 2.33. The maximum absolute atomic E-state index is 9.38. The topological polar surface area (TPSA) is 46.0 Å². The monoisotopic (exact) mass is 200 g/mol. The fourth-order valence-corrected chi connectivity index (χ4v) is 1.57. The molecule has 1 N–H and O–H groups in total. The summed E-state index contributed by atoms with van der Waals surface area (Å²) >= 11 is 0. The minimum absolute atomic E-state index is 0.0348. The molecular weight excluding hydrogens is 188 g/mol. The minimum Gasteiger partial charge on any atom is -0.395 e. The fourth-order valence-electron chi connectivity index (χ4n) is 1.57. The first-order valence-electron chi connectivity index (χ1n) is 4.82. The highest BCUT2D eigenvalue weighted by Crippen LogP contribution is 2.22. The lowest BCUT2D eigenvalue weighted by atomic mass is 9.95. The normalized spacial score (nSPS) is 10.5. The molecule has 0 bridgehead atoms. The van der Waals surface area contributed by atoms with Gasteiger partial charge in [-0.05, 0) is 23.3 Å². The van der Waals surface area contributed by atoms with E-state index in [1.165, 1.54) is 0 Å². The van der Waals surface area contributed by atoms with Crippen LogP contribution in [-0.4, -0.2) is 21.7 Å². The molecule has 0 aliphatic carbocycles. The van der Waals surface area contributed by atoms with Crippen molar-refractivity contribution in [3.63, 3.8) is 0 Å². The largest absolute Gasteiger partial charge is 0.395 e. The summed E-state index contributed by atoms with van der Waals surface area (Å²) in [5.41, 5.74) is 2.01. The van der Waals surface area contributed by atoms with Crippen molar-refractivity contribution in [2.75, 3.05) is 6.61 Å². The number of nitrogens with zero attached hydrogens (tertiary/aromatic N) is 2. The van der Waals surface area contributed by atoms with Crippen LogP contribution in [0, 0.1) is 0 Å². The van der Waals surface area contributed by atoms with Gasteiger partial charge in [-0.1, -0.05) is 12.1 Å². The first-order valence-corrected chi connectivity index (χ1v) is 4.82. The Morgan fingerprint density at radius 3 is 1.87 bits per heavy atom. The molecule has 3 heteroatoms. The molecule has 3 nitrogen and oxygen atoms in total. The standard InChI is InChI=1S/C12H12N2O/c15-9-12(10-3-1-5-13-7-10)11-4-2-6-14-8-11/h1-8,12,15H,9H2. The van der Waals surface area contributed by atoms with Crippen molar-refractivity contribution in [2.24, 2.45) is 0 Å². The third kappa shape index (κ3) is 2.19. The van der Waals surface area contributed by atoms with E-state index in [-0.39, 0.29) is 12.5 Å². The summed E-state index contributed by atoms with van der Waals surface area (Å²) in [6.07, 6.45) is 6.99. The van der Waals surface area contributed by atoms with Crippen LogP contribution < -0.4 is 0 Å². The molecule has 0 aromatic carbocycles. The number of rotatable bonds is 3. The summed E-state index contributed by atoms with van der Waals surface area (Å²) in [6, 6.07) is 7.66. The number of hydrogen-bond acceptors (Lipinski definition) is 3. The Balaban J connectivity index is 2.34. The summed E-state index contributed by atoms with van der Waals surface area (Å²) < 4.78 is 0. The van der Waals surface area contributed by atoms with Gasteiger partial charge >= 0.3 is 0 Å². The Bertz CT molecular complexity index is 363. The van der Waals surface area contributed by atoms with Gasteiger partial charge < -0.3 is 5.11 Å². The Hall–Kier alpha value is -1.74. The van der Waals surface area contributed by atoms with E-state index in [0.717, 1.165) is 11.1 Å². The highest BCUT2D eigenvalue weighted by Gasteiger charge is 2.12. The van der Waals surface area contributed by atoms with E-state index in [1.54, 1.807) is 24.8 Å². The Morgan fingerprint density at radius 2 is 1.53 bits per heavy atom. The molecule has 2 heterocycles. The summed E-state index contributed by atoms with van der Waals surface area (Å²) in [4.78, 5) is 8.10. The number of aromatic nitrogens is 2. The van der Waals surface area contributed by atoms with Crippen LogP contribution in [0.3, 0.4) is 0 Å². The van der Waals surface area contributed by atoms with Crippen molar-refractivity contribution >= 4 is 0 Å². The fraction of sp³-hybridized carbons (Fsp3) is 0.167. The lowest BCUT2D eigenvalue weighted by molar-refractivity contribution is 0.280.